The molecule has 2 aromatic carbocycles. The molecular formula is C18H14ClFN4O2. The van der Waals surface area contributed by atoms with Crippen molar-refractivity contribution >= 4 is 34.8 Å². The topological polar surface area (TPSA) is 65.3 Å². The third-order valence-electron chi connectivity index (χ3n) is 4.62. The van der Waals surface area contributed by atoms with Crippen molar-refractivity contribution < 1.29 is 14.0 Å². The number of aryl methyl sites for hydroxylation is 2. The number of amides is 2. The van der Waals surface area contributed by atoms with Crippen molar-refractivity contribution in [1.82, 2.24) is 0 Å². The Kier molecular flexibility index (Phi) is 3.77. The summed E-state index contributed by atoms with van der Waals surface area (Å²) in [6.07, 6.45) is 0. The van der Waals surface area contributed by atoms with Crippen molar-refractivity contribution in [3.8, 4) is 0 Å². The highest BCUT2D eigenvalue weighted by atomic mass is 35.5. The van der Waals surface area contributed by atoms with Gasteiger partial charge in [0.2, 0.25) is 0 Å². The Bertz CT molecular complexity index is 978. The first kappa shape index (κ1) is 16.7. The molecule has 8 heteroatoms. The van der Waals surface area contributed by atoms with Crippen LogP contribution in [0.15, 0.2) is 46.7 Å². The maximum atomic E-state index is 13.9. The summed E-state index contributed by atoms with van der Waals surface area (Å²) in [5.41, 5.74) is 2.07. The molecular weight excluding hydrogens is 359 g/mol. The van der Waals surface area contributed by atoms with E-state index in [-0.39, 0.29) is 0 Å². The lowest BCUT2D eigenvalue weighted by atomic mass is 10.1. The number of benzene rings is 2. The molecule has 26 heavy (non-hydrogen) atoms. The van der Waals surface area contributed by atoms with Gasteiger partial charge in [-0.25, -0.2) is 14.3 Å². The van der Waals surface area contributed by atoms with Crippen LogP contribution in [0.25, 0.3) is 0 Å². The van der Waals surface area contributed by atoms with E-state index >= 15 is 0 Å². The SMILES string of the molecule is Cc1ccc(N2N=N[C@@H]3C(=O)N(c4ccc(C)c(Cl)c4)C(=O)[C@@H]32)cc1F. The van der Waals surface area contributed by atoms with Crippen molar-refractivity contribution in [2.24, 2.45) is 10.3 Å². The van der Waals surface area contributed by atoms with Gasteiger partial charge >= 0.3 is 0 Å². The van der Waals surface area contributed by atoms with Crippen LogP contribution in [0.2, 0.25) is 5.02 Å². The quantitative estimate of drug-likeness (QED) is 0.756. The summed E-state index contributed by atoms with van der Waals surface area (Å²) in [7, 11) is 0. The Balaban J connectivity index is 1.71. The first-order valence-electron chi connectivity index (χ1n) is 7.98. The first-order valence-corrected chi connectivity index (χ1v) is 8.36. The standard InChI is InChI=1S/C18H14ClFN4O2/c1-9-3-5-11(7-13(9)19)23-17(25)15-16(18(23)26)24(22-21-15)12-6-4-10(2)14(20)8-12/h3-8,15-16H,1-2H3/t15-,16+/m0/s1. The monoisotopic (exact) mass is 372 g/mol. The number of carbonyl (C=O) groups excluding carboxylic acids is 2. The van der Waals surface area contributed by atoms with Crippen molar-refractivity contribution in [2.75, 3.05) is 9.91 Å². The molecule has 0 bridgehead atoms. The summed E-state index contributed by atoms with van der Waals surface area (Å²) < 4.78 is 13.9. The molecule has 0 aliphatic carbocycles. The van der Waals surface area contributed by atoms with E-state index in [4.69, 9.17) is 11.6 Å². The zero-order chi connectivity index (χ0) is 18.6. The predicted molar refractivity (Wildman–Crippen MR) is 94.7 cm³/mol. The molecule has 2 amide bonds. The molecule has 0 radical (unpaired) electrons. The van der Waals surface area contributed by atoms with E-state index < -0.39 is 29.7 Å². The Hall–Kier alpha value is -2.80. The molecule has 1 saturated heterocycles. The molecule has 0 saturated carbocycles. The highest BCUT2D eigenvalue weighted by Gasteiger charge is 2.55. The van der Waals surface area contributed by atoms with E-state index in [1.807, 2.05) is 6.92 Å². The van der Waals surface area contributed by atoms with E-state index in [1.165, 1.54) is 11.1 Å². The van der Waals surface area contributed by atoms with Gasteiger partial charge in [-0.2, -0.15) is 5.11 Å². The number of imide groups is 1. The van der Waals surface area contributed by atoms with Crippen LogP contribution >= 0.6 is 11.6 Å². The predicted octanol–water partition coefficient (Wildman–Crippen LogP) is 3.59. The third-order valence-corrected chi connectivity index (χ3v) is 5.02. The number of rotatable bonds is 2. The van der Waals surface area contributed by atoms with E-state index in [1.54, 1.807) is 37.3 Å². The number of hydrogen-bond donors (Lipinski definition) is 0. The maximum absolute atomic E-state index is 13.9. The van der Waals surface area contributed by atoms with Crippen LogP contribution in [0.3, 0.4) is 0 Å². The molecule has 1 fully saturated rings. The number of nitrogens with zero attached hydrogens (tertiary/aromatic N) is 4. The van der Waals surface area contributed by atoms with E-state index in [0.29, 0.717) is 22.0 Å². The Morgan fingerprint density at radius 2 is 1.69 bits per heavy atom. The molecule has 2 aliphatic rings. The Morgan fingerprint density at radius 3 is 2.38 bits per heavy atom. The minimum Gasteiger partial charge on any atom is -0.271 e. The molecule has 0 aromatic heterocycles. The summed E-state index contributed by atoms with van der Waals surface area (Å²) in [4.78, 5) is 26.7. The molecule has 4 rings (SSSR count). The average Bonchev–Trinajstić information content (AvgIpc) is 3.14. The van der Waals surface area contributed by atoms with Crippen molar-refractivity contribution in [3.63, 3.8) is 0 Å². The van der Waals surface area contributed by atoms with Crippen molar-refractivity contribution in [3.05, 3.63) is 58.4 Å². The van der Waals surface area contributed by atoms with Crippen LogP contribution in [0, 0.1) is 19.7 Å². The zero-order valence-corrected chi connectivity index (χ0v) is 14.7. The minimum absolute atomic E-state index is 0.370. The normalized spacial score (nSPS) is 21.7. The second-order valence-electron chi connectivity index (χ2n) is 6.32. The van der Waals surface area contributed by atoms with E-state index in [9.17, 15) is 14.0 Å². The van der Waals surface area contributed by atoms with Crippen LogP contribution in [0.4, 0.5) is 15.8 Å². The molecule has 2 heterocycles. The molecule has 6 nitrogen and oxygen atoms in total. The minimum atomic E-state index is -0.952. The van der Waals surface area contributed by atoms with Gasteiger partial charge in [0, 0.05) is 5.02 Å². The second-order valence-corrected chi connectivity index (χ2v) is 6.73. The van der Waals surface area contributed by atoms with Gasteiger partial charge in [-0.3, -0.25) is 9.59 Å². The van der Waals surface area contributed by atoms with Gasteiger partial charge in [0.1, 0.15) is 5.82 Å². The lowest BCUT2D eigenvalue weighted by Gasteiger charge is -2.21. The summed E-state index contributed by atoms with van der Waals surface area (Å²) >= 11 is 6.12. The average molecular weight is 373 g/mol. The fourth-order valence-electron chi connectivity index (χ4n) is 3.07. The molecule has 0 N–H and O–H groups in total. The molecule has 132 valence electrons. The number of fused-ring (bicyclic) bond motifs is 1. The van der Waals surface area contributed by atoms with Gasteiger partial charge in [-0.1, -0.05) is 29.0 Å². The van der Waals surface area contributed by atoms with Gasteiger partial charge < -0.3 is 0 Å². The van der Waals surface area contributed by atoms with Gasteiger partial charge in [-0.05, 0) is 49.2 Å². The van der Waals surface area contributed by atoms with Crippen LogP contribution < -0.4 is 9.91 Å². The highest BCUT2D eigenvalue weighted by Crippen LogP contribution is 2.36. The van der Waals surface area contributed by atoms with Gasteiger partial charge in [-0.15, -0.1) is 0 Å². The maximum Gasteiger partial charge on any atom is 0.263 e. The molecule has 0 spiro atoms. The van der Waals surface area contributed by atoms with Crippen LogP contribution in [0.5, 0.6) is 0 Å². The summed E-state index contributed by atoms with van der Waals surface area (Å²) in [5.74, 6) is -1.36. The summed E-state index contributed by atoms with van der Waals surface area (Å²) in [6.45, 7) is 3.47. The number of hydrogen-bond acceptors (Lipinski definition) is 5. The summed E-state index contributed by atoms with van der Waals surface area (Å²) in [5, 5.41) is 9.61. The van der Waals surface area contributed by atoms with Gasteiger partial charge in [0.15, 0.2) is 12.1 Å². The van der Waals surface area contributed by atoms with Crippen molar-refractivity contribution in [2.45, 2.75) is 25.9 Å². The van der Waals surface area contributed by atoms with Crippen LogP contribution in [-0.2, 0) is 9.59 Å². The van der Waals surface area contributed by atoms with Crippen LogP contribution in [-0.4, -0.2) is 23.9 Å². The zero-order valence-electron chi connectivity index (χ0n) is 14.0. The molecule has 2 aliphatic heterocycles. The Labute approximate surface area is 153 Å². The van der Waals surface area contributed by atoms with Gasteiger partial charge in [0.05, 0.1) is 11.4 Å². The number of halogens is 2. The smallest absolute Gasteiger partial charge is 0.263 e. The lowest BCUT2D eigenvalue weighted by Crippen LogP contribution is -2.40. The Morgan fingerprint density at radius 1 is 1.00 bits per heavy atom. The second kappa shape index (κ2) is 5.88. The van der Waals surface area contributed by atoms with Crippen molar-refractivity contribution in [1.29, 1.82) is 0 Å². The first-order chi connectivity index (χ1) is 12.4. The summed E-state index contributed by atoms with van der Waals surface area (Å²) in [6, 6.07) is 7.60. The lowest BCUT2D eigenvalue weighted by molar-refractivity contribution is -0.121. The van der Waals surface area contributed by atoms with E-state index in [2.05, 4.69) is 10.3 Å². The number of anilines is 2. The number of carbonyl (C=O) groups is 2. The fraction of sp³-hybridized carbons (Fsp3) is 0.222. The molecule has 0 unspecified atom stereocenters. The van der Waals surface area contributed by atoms with E-state index in [0.717, 1.165) is 10.5 Å². The molecule has 2 aromatic rings. The largest absolute Gasteiger partial charge is 0.271 e. The highest BCUT2D eigenvalue weighted by molar-refractivity contribution is 6.32. The third kappa shape index (κ3) is 2.39. The molecule has 2 atom stereocenters. The van der Waals surface area contributed by atoms with Gasteiger partial charge in [0.25, 0.3) is 11.8 Å². The fourth-order valence-corrected chi connectivity index (χ4v) is 3.25. The van der Waals surface area contributed by atoms with Crippen LogP contribution in [0.1, 0.15) is 11.1 Å².